The lowest BCUT2D eigenvalue weighted by Crippen LogP contribution is -2.27. The van der Waals surface area contributed by atoms with Crippen LogP contribution in [0.2, 0.25) is 0 Å². The molecule has 102 valence electrons. The Morgan fingerprint density at radius 2 is 2.05 bits per heavy atom. The van der Waals surface area contributed by atoms with Gasteiger partial charge in [-0.1, -0.05) is 6.07 Å². The lowest BCUT2D eigenvalue weighted by Gasteiger charge is -2.26. The Labute approximate surface area is 113 Å². The molecule has 0 spiro atoms. The highest BCUT2D eigenvalue weighted by atomic mass is 16.5. The lowest BCUT2D eigenvalue weighted by molar-refractivity contribution is -0.118. The van der Waals surface area contributed by atoms with Crippen LogP contribution in [0, 0.1) is 5.92 Å². The molecule has 0 saturated heterocycles. The van der Waals surface area contributed by atoms with Gasteiger partial charge in [-0.15, -0.1) is 0 Å². The number of rotatable bonds is 2. The van der Waals surface area contributed by atoms with E-state index in [1.54, 1.807) is 0 Å². The monoisotopic (exact) mass is 260 g/mol. The molecule has 1 fully saturated rings. The van der Waals surface area contributed by atoms with E-state index in [1.165, 1.54) is 18.4 Å². The molecule has 1 saturated carbocycles. The summed E-state index contributed by atoms with van der Waals surface area (Å²) in [5, 5.41) is 2.86. The van der Waals surface area contributed by atoms with Crippen molar-refractivity contribution in [2.45, 2.75) is 38.1 Å². The summed E-state index contributed by atoms with van der Waals surface area (Å²) < 4.78 is 5.37. The van der Waals surface area contributed by atoms with Gasteiger partial charge in [0.2, 0.25) is 0 Å². The Kier molecular flexibility index (Phi) is 3.42. The highest BCUT2D eigenvalue weighted by molar-refractivity contribution is 5.95. The molecule has 0 bridgehead atoms. The average Bonchev–Trinajstić information content (AvgIpc) is 2.41. The first-order chi connectivity index (χ1) is 9.20. The van der Waals surface area contributed by atoms with E-state index in [0.29, 0.717) is 6.04 Å². The zero-order valence-corrected chi connectivity index (χ0v) is 11.0. The molecule has 1 aliphatic heterocycles. The van der Waals surface area contributed by atoms with Crippen molar-refractivity contribution in [3.8, 4) is 5.75 Å². The molecule has 2 aliphatic rings. The van der Waals surface area contributed by atoms with Gasteiger partial charge in [-0.3, -0.25) is 4.79 Å². The number of nitrogens with two attached hydrogens (primary N) is 1. The minimum Gasteiger partial charge on any atom is -0.482 e. The summed E-state index contributed by atoms with van der Waals surface area (Å²) >= 11 is 0. The Morgan fingerprint density at radius 1 is 1.26 bits per heavy atom. The summed E-state index contributed by atoms with van der Waals surface area (Å²) in [6.07, 6.45) is 5.75. The molecule has 0 atom stereocenters. The number of hydrogen-bond acceptors (Lipinski definition) is 3. The number of nitrogens with one attached hydrogen (secondary N) is 1. The maximum atomic E-state index is 11.3. The van der Waals surface area contributed by atoms with Gasteiger partial charge in [-0.2, -0.15) is 0 Å². The summed E-state index contributed by atoms with van der Waals surface area (Å²) in [5.41, 5.74) is 8.01. The standard InChI is InChI=1S/C15H20N2O2/c16-12-4-1-10(2-5-12)7-11-3-6-14-13(8-11)17-15(18)9-19-14/h3,6,8,10,12H,1-2,4-5,7,9,16H2,(H,17,18). The second-order valence-corrected chi connectivity index (χ2v) is 5.65. The van der Waals surface area contributed by atoms with E-state index in [2.05, 4.69) is 11.4 Å². The molecule has 4 heteroatoms. The maximum absolute atomic E-state index is 11.3. The van der Waals surface area contributed by atoms with Crippen molar-refractivity contribution in [2.75, 3.05) is 11.9 Å². The molecular formula is C15H20N2O2. The van der Waals surface area contributed by atoms with Crippen molar-refractivity contribution in [1.29, 1.82) is 0 Å². The van der Waals surface area contributed by atoms with Crippen LogP contribution >= 0.6 is 0 Å². The summed E-state index contributed by atoms with van der Waals surface area (Å²) in [5.74, 6) is 1.42. The largest absolute Gasteiger partial charge is 0.482 e. The number of amides is 1. The van der Waals surface area contributed by atoms with Gasteiger partial charge < -0.3 is 15.8 Å². The lowest BCUT2D eigenvalue weighted by atomic mass is 9.82. The topological polar surface area (TPSA) is 64.3 Å². The van der Waals surface area contributed by atoms with Crippen molar-refractivity contribution in [3.63, 3.8) is 0 Å². The number of benzene rings is 1. The average molecular weight is 260 g/mol. The van der Waals surface area contributed by atoms with E-state index in [9.17, 15) is 4.79 Å². The van der Waals surface area contributed by atoms with Gasteiger partial charge in [0.1, 0.15) is 5.75 Å². The maximum Gasteiger partial charge on any atom is 0.262 e. The molecule has 0 radical (unpaired) electrons. The fourth-order valence-electron chi connectivity index (χ4n) is 2.98. The van der Waals surface area contributed by atoms with Crippen LogP contribution in [-0.4, -0.2) is 18.6 Å². The highest BCUT2D eigenvalue weighted by Gasteiger charge is 2.20. The van der Waals surface area contributed by atoms with Crippen LogP contribution in [0.1, 0.15) is 31.2 Å². The van der Waals surface area contributed by atoms with Crippen LogP contribution in [0.15, 0.2) is 18.2 Å². The quantitative estimate of drug-likeness (QED) is 0.855. The molecule has 0 aromatic heterocycles. The summed E-state index contributed by atoms with van der Waals surface area (Å²) in [6.45, 7) is 0.118. The summed E-state index contributed by atoms with van der Waals surface area (Å²) in [7, 11) is 0. The van der Waals surface area contributed by atoms with E-state index in [1.807, 2.05) is 12.1 Å². The zero-order valence-electron chi connectivity index (χ0n) is 11.0. The third kappa shape index (κ3) is 2.89. The predicted molar refractivity (Wildman–Crippen MR) is 74.2 cm³/mol. The molecule has 1 amide bonds. The van der Waals surface area contributed by atoms with E-state index in [0.717, 1.165) is 36.6 Å². The number of carbonyl (C=O) groups is 1. The first-order valence-corrected chi connectivity index (χ1v) is 7.02. The molecule has 1 aliphatic carbocycles. The number of ether oxygens (including phenoxy) is 1. The Morgan fingerprint density at radius 3 is 2.84 bits per heavy atom. The van der Waals surface area contributed by atoms with Crippen LogP contribution in [0.5, 0.6) is 5.75 Å². The fraction of sp³-hybridized carbons (Fsp3) is 0.533. The first-order valence-electron chi connectivity index (χ1n) is 7.02. The fourth-order valence-corrected chi connectivity index (χ4v) is 2.98. The molecular weight excluding hydrogens is 240 g/mol. The zero-order chi connectivity index (χ0) is 13.2. The summed E-state index contributed by atoms with van der Waals surface area (Å²) in [4.78, 5) is 11.3. The normalized spacial score (nSPS) is 26.3. The third-order valence-corrected chi connectivity index (χ3v) is 4.09. The smallest absolute Gasteiger partial charge is 0.262 e. The van der Waals surface area contributed by atoms with Gasteiger partial charge in [0, 0.05) is 6.04 Å². The SMILES string of the molecule is NC1CCC(Cc2ccc3c(c2)NC(=O)CO3)CC1. The molecule has 1 aromatic carbocycles. The number of carbonyl (C=O) groups excluding carboxylic acids is 1. The van der Waals surface area contributed by atoms with Gasteiger partial charge in [0.25, 0.3) is 5.91 Å². The molecule has 3 rings (SSSR count). The van der Waals surface area contributed by atoms with Crippen molar-refractivity contribution < 1.29 is 9.53 Å². The van der Waals surface area contributed by atoms with Crippen molar-refractivity contribution in [1.82, 2.24) is 0 Å². The van der Waals surface area contributed by atoms with Crippen molar-refractivity contribution in [3.05, 3.63) is 23.8 Å². The van der Waals surface area contributed by atoms with Crippen molar-refractivity contribution in [2.24, 2.45) is 11.7 Å². The van der Waals surface area contributed by atoms with Gasteiger partial charge in [-0.25, -0.2) is 0 Å². The highest BCUT2D eigenvalue weighted by Crippen LogP contribution is 2.31. The van der Waals surface area contributed by atoms with Gasteiger partial charge in [0.15, 0.2) is 6.61 Å². The molecule has 19 heavy (non-hydrogen) atoms. The molecule has 3 N–H and O–H groups in total. The molecule has 0 unspecified atom stereocenters. The van der Waals surface area contributed by atoms with Gasteiger partial charge in [-0.05, 0) is 55.7 Å². The van der Waals surface area contributed by atoms with E-state index >= 15 is 0 Å². The third-order valence-electron chi connectivity index (χ3n) is 4.09. The molecule has 4 nitrogen and oxygen atoms in total. The van der Waals surface area contributed by atoms with Crippen LogP contribution in [0.4, 0.5) is 5.69 Å². The van der Waals surface area contributed by atoms with Crippen molar-refractivity contribution >= 4 is 11.6 Å². The van der Waals surface area contributed by atoms with Crippen LogP contribution in [0.25, 0.3) is 0 Å². The Hall–Kier alpha value is -1.55. The summed E-state index contributed by atoms with van der Waals surface area (Å²) in [6, 6.07) is 6.50. The van der Waals surface area contributed by atoms with Gasteiger partial charge in [0.05, 0.1) is 5.69 Å². The van der Waals surface area contributed by atoms with E-state index in [4.69, 9.17) is 10.5 Å². The van der Waals surface area contributed by atoms with E-state index in [-0.39, 0.29) is 12.5 Å². The minimum absolute atomic E-state index is 0.0757. The Balaban J connectivity index is 1.68. The van der Waals surface area contributed by atoms with Crippen LogP contribution < -0.4 is 15.8 Å². The second-order valence-electron chi connectivity index (χ2n) is 5.65. The number of hydrogen-bond donors (Lipinski definition) is 2. The second kappa shape index (κ2) is 5.21. The van der Waals surface area contributed by atoms with Gasteiger partial charge >= 0.3 is 0 Å². The van der Waals surface area contributed by atoms with E-state index < -0.39 is 0 Å². The molecule has 1 heterocycles. The molecule has 1 aromatic rings. The number of fused-ring (bicyclic) bond motifs is 1. The van der Waals surface area contributed by atoms with Crippen LogP contribution in [-0.2, 0) is 11.2 Å². The van der Waals surface area contributed by atoms with Crippen LogP contribution in [0.3, 0.4) is 0 Å². The first kappa shape index (κ1) is 12.5. The minimum atomic E-state index is -0.0757. The Bertz CT molecular complexity index is 479. The number of anilines is 1. The predicted octanol–water partition coefficient (Wildman–Crippen LogP) is 2.08.